The molecule has 1 atom stereocenters. The molecule has 0 saturated carbocycles. The van der Waals surface area contributed by atoms with Gasteiger partial charge in [-0.25, -0.2) is 8.42 Å². The van der Waals surface area contributed by atoms with Crippen molar-refractivity contribution in [3.8, 4) is 0 Å². The van der Waals surface area contributed by atoms with Gasteiger partial charge in [0.05, 0.1) is 9.82 Å². The first-order chi connectivity index (χ1) is 14.9. The summed E-state index contributed by atoms with van der Waals surface area (Å²) in [5.74, 6) is -0.0189. The van der Waals surface area contributed by atoms with Crippen molar-refractivity contribution in [1.29, 1.82) is 0 Å². The third kappa shape index (κ3) is 4.53. The molecule has 3 aliphatic rings. The van der Waals surface area contributed by atoms with Gasteiger partial charge < -0.3 is 14.5 Å². The fraction of sp³-hybridized carbons (Fsp3) is 0.650. The fourth-order valence-electron chi connectivity index (χ4n) is 4.48. The standard InChI is InChI=1S/C20H28N4O6S/c25-20(19-5-4-14-30-19)22-12-10-21(11-13-22)17-7-6-16(15-18(17)24(26)27)31(28,29)23-8-2-1-3-9-23/h6-7,15,19H,1-5,8-14H2. The van der Waals surface area contributed by atoms with Crippen molar-refractivity contribution >= 4 is 27.3 Å². The highest BCUT2D eigenvalue weighted by Crippen LogP contribution is 2.33. The smallest absolute Gasteiger partial charge is 0.293 e. The molecule has 3 aliphatic heterocycles. The number of rotatable bonds is 5. The van der Waals surface area contributed by atoms with Gasteiger partial charge in [0.15, 0.2) is 0 Å². The van der Waals surface area contributed by atoms with Crippen LogP contribution in [-0.2, 0) is 19.6 Å². The lowest BCUT2D eigenvalue weighted by molar-refractivity contribution is -0.384. The number of carbonyl (C=O) groups excluding carboxylic acids is 1. The van der Waals surface area contributed by atoms with E-state index < -0.39 is 14.9 Å². The molecule has 1 aromatic carbocycles. The number of hydrogen-bond acceptors (Lipinski definition) is 7. The van der Waals surface area contributed by atoms with E-state index in [1.807, 2.05) is 4.90 Å². The summed E-state index contributed by atoms with van der Waals surface area (Å²) in [6.45, 7) is 3.27. The molecule has 0 spiro atoms. The highest BCUT2D eigenvalue weighted by Gasteiger charge is 2.33. The van der Waals surface area contributed by atoms with E-state index in [0.717, 1.165) is 32.1 Å². The molecule has 1 amide bonds. The number of nitro groups is 1. The Morgan fingerprint density at radius 3 is 2.35 bits per heavy atom. The summed E-state index contributed by atoms with van der Waals surface area (Å²) in [5, 5.41) is 11.8. The van der Waals surface area contributed by atoms with E-state index in [9.17, 15) is 23.3 Å². The maximum atomic E-state index is 12.9. The number of anilines is 1. The van der Waals surface area contributed by atoms with E-state index in [4.69, 9.17) is 4.74 Å². The zero-order chi connectivity index (χ0) is 22.0. The minimum atomic E-state index is -3.75. The van der Waals surface area contributed by atoms with Crippen LogP contribution in [-0.4, -0.2) is 80.4 Å². The Hall–Kier alpha value is -2.24. The zero-order valence-corrected chi connectivity index (χ0v) is 18.3. The van der Waals surface area contributed by atoms with Crippen molar-refractivity contribution in [2.75, 3.05) is 50.8 Å². The molecule has 0 N–H and O–H groups in total. The molecule has 3 saturated heterocycles. The summed E-state index contributed by atoms with van der Waals surface area (Å²) in [7, 11) is -3.75. The number of nitro benzene ring substituents is 1. The van der Waals surface area contributed by atoms with Crippen molar-refractivity contribution < 1.29 is 22.9 Å². The molecule has 11 heteroatoms. The SMILES string of the molecule is O=C(C1CCCO1)N1CCN(c2ccc(S(=O)(=O)N3CCCCC3)cc2[N+](=O)[O-])CC1. The molecule has 31 heavy (non-hydrogen) atoms. The second kappa shape index (κ2) is 9.09. The molecule has 3 fully saturated rings. The van der Waals surface area contributed by atoms with Crippen LogP contribution in [0.2, 0.25) is 0 Å². The maximum Gasteiger partial charge on any atom is 0.293 e. The van der Waals surface area contributed by atoms with Crippen molar-refractivity contribution in [3.63, 3.8) is 0 Å². The molecule has 170 valence electrons. The molecule has 0 aliphatic carbocycles. The molecule has 0 aromatic heterocycles. The number of sulfonamides is 1. The first-order valence-corrected chi connectivity index (χ1v) is 12.3. The Labute approximate surface area is 181 Å². The summed E-state index contributed by atoms with van der Waals surface area (Å²) in [6, 6.07) is 4.14. The largest absolute Gasteiger partial charge is 0.368 e. The Kier molecular flexibility index (Phi) is 6.44. The van der Waals surface area contributed by atoms with E-state index in [-0.39, 0.29) is 22.6 Å². The van der Waals surface area contributed by atoms with Gasteiger partial charge in [-0.3, -0.25) is 14.9 Å². The number of amides is 1. The third-order valence-electron chi connectivity index (χ3n) is 6.23. The first-order valence-electron chi connectivity index (χ1n) is 10.8. The molecule has 0 bridgehead atoms. The molecule has 1 aromatic rings. The number of hydrogen-bond donors (Lipinski definition) is 0. The molecule has 4 rings (SSSR count). The van der Waals surface area contributed by atoms with E-state index in [0.29, 0.717) is 51.6 Å². The molecule has 10 nitrogen and oxygen atoms in total. The van der Waals surface area contributed by atoms with Gasteiger partial charge in [-0.1, -0.05) is 6.42 Å². The van der Waals surface area contributed by atoms with Gasteiger partial charge in [0.2, 0.25) is 10.0 Å². The van der Waals surface area contributed by atoms with E-state index in [2.05, 4.69) is 0 Å². The second-order valence-electron chi connectivity index (χ2n) is 8.19. The van der Waals surface area contributed by atoms with Gasteiger partial charge >= 0.3 is 0 Å². The zero-order valence-electron chi connectivity index (χ0n) is 17.4. The average Bonchev–Trinajstić information content (AvgIpc) is 3.34. The Morgan fingerprint density at radius 1 is 1.03 bits per heavy atom. The number of ether oxygens (including phenoxy) is 1. The normalized spacial score (nSPS) is 23.2. The highest BCUT2D eigenvalue weighted by molar-refractivity contribution is 7.89. The number of benzene rings is 1. The van der Waals surface area contributed by atoms with Crippen LogP contribution in [0.1, 0.15) is 32.1 Å². The van der Waals surface area contributed by atoms with Crippen LogP contribution in [0.5, 0.6) is 0 Å². The van der Waals surface area contributed by atoms with Gasteiger partial charge in [0.1, 0.15) is 11.8 Å². The summed E-state index contributed by atoms with van der Waals surface area (Å²) in [6.07, 6.45) is 3.84. The summed E-state index contributed by atoms with van der Waals surface area (Å²) in [5.41, 5.74) is 0.156. The van der Waals surface area contributed by atoms with Gasteiger partial charge in [0.25, 0.3) is 11.6 Å². The predicted octanol–water partition coefficient (Wildman–Crippen LogP) is 1.60. The Bertz CT molecular complexity index is 933. The topological polar surface area (TPSA) is 113 Å². The average molecular weight is 453 g/mol. The molecular weight excluding hydrogens is 424 g/mol. The van der Waals surface area contributed by atoms with Crippen molar-refractivity contribution in [2.24, 2.45) is 0 Å². The van der Waals surface area contributed by atoms with Crippen LogP contribution >= 0.6 is 0 Å². The van der Waals surface area contributed by atoms with E-state index in [1.165, 1.54) is 22.5 Å². The minimum Gasteiger partial charge on any atom is -0.368 e. The van der Waals surface area contributed by atoms with Crippen LogP contribution in [0, 0.1) is 10.1 Å². The third-order valence-corrected chi connectivity index (χ3v) is 8.13. The van der Waals surface area contributed by atoms with Crippen molar-refractivity contribution in [2.45, 2.75) is 43.1 Å². The molecule has 0 radical (unpaired) electrons. The summed E-state index contributed by atoms with van der Waals surface area (Å²) < 4.78 is 32.7. The molecule has 1 unspecified atom stereocenters. The van der Waals surface area contributed by atoms with Gasteiger partial charge in [-0.05, 0) is 37.8 Å². The predicted molar refractivity (Wildman–Crippen MR) is 113 cm³/mol. The monoisotopic (exact) mass is 452 g/mol. The van der Waals surface area contributed by atoms with Gasteiger partial charge in [0, 0.05) is 51.9 Å². The highest BCUT2D eigenvalue weighted by atomic mass is 32.2. The van der Waals surface area contributed by atoms with Crippen LogP contribution < -0.4 is 4.90 Å². The van der Waals surface area contributed by atoms with Crippen LogP contribution in [0.3, 0.4) is 0 Å². The van der Waals surface area contributed by atoms with Gasteiger partial charge in [-0.15, -0.1) is 0 Å². The first kappa shape index (κ1) is 22.0. The molecular formula is C20H28N4O6S. The van der Waals surface area contributed by atoms with Gasteiger partial charge in [-0.2, -0.15) is 4.31 Å². The number of piperazine rings is 1. The fourth-order valence-corrected chi connectivity index (χ4v) is 6.01. The van der Waals surface area contributed by atoms with Crippen LogP contribution in [0.4, 0.5) is 11.4 Å². The summed E-state index contributed by atoms with van der Waals surface area (Å²) in [4.78, 5) is 27.3. The van der Waals surface area contributed by atoms with Crippen LogP contribution in [0.25, 0.3) is 0 Å². The lowest BCUT2D eigenvalue weighted by Gasteiger charge is -2.36. The minimum absolute atomic E-state index is 0.0189. The van der Waals surface area contributed by atoms with E-state index >= 15 is 0 Å². The Balaban J connectivity index is 1.50. The second-order valence-corrected chi connectivity index (χ2v) is 10.1. The van der Waals surface area contributed by atoms with Crippen molar-refractivity contribution in [1.82, 2.24) is 9.21 Å². The lowest BCUT2D eigenvalue weighted by atomic mass is 10.2. The maximum absolute atomic E-state index is 12.9. The molecule has 3 heterocycles. The number of piperidine rings is 1. The number of carbonyl (C=O) groups is 1. The lowest BCUT2D eigenvalue weighted by Crippen LogP contribution is -2.51. The summed E-state index contributed by atoms with van der Waals surface area (Å²) >= 11 is 0. The quantitative estimate of drug-likeness (QED) is 0.492. The van der Waals surface area contributed by atoms with Crippen molar-refractivity contribution in [3.05, 3.63) is 28.3 Å². The van der Waals surface area contributed by atoms with E-state index in [1.54, 1.807) is 4.90 Å². The van der Waals surface area contributed by atoms with Crippen LogP contribution in [0.15, 0.2) is 23.1 Å². The Morgan fingerprint density at radius 2 is 1.74 bits per heavy atom. The number of nitrogens with zero attached hydrogens (tertiary/aromatic N) is 4.